The second-order valence-corrected chi connectivity index (χ2v) is 6.46. The van der Waals surface area contributed by atoms with Crippen molar-refractivity contribution in [3.63, 3.8) is 0 Å². The van der Waals surface area contributed by atoms with E-state index in [0.717, 1.165) is 12.8 Å². The summed E-state index contributed by atoms with van der Waals surface area (Å²) in [5, 5.41) is 24.1. The van der Waals surface area contributed by atoms with Gasteiger partial charge in [-0.25, -0.2) is 4.79 Å². The second kappa shape index (κ2) is 12.9. The van der Waals surface area contributed by atoms with Crippen LogP contribution in [-0.4, -0.2) is 59.7 Å². The monoisotopic (exact) mass is 423 g/mol. The Hall–Kier alpha value is -3.50. The molecule has 0 aromatic heterocycles. The lowest BCUT2D eigenvalue weighted by Crippen LogP contribution is -2.48. The average Bonchev–Trinajstić information content (AvgIpc) is 2.68. The first-order valence-corrected chi connectivity index (χ1v) is 9.56. The molecule has 1 atom stereocenters. The Morgan fingerprint density at radius 2 is 1.97 bits per heavy atom. The number of aromatic hydroxyl groups is 1. The van der Waals surface area contributed by atoms with Crippen LogP contribution in [0.5, 0.6) is 11.5 Å². The van der Waals surface area contributed by atoms with E-state index >= 15 is 0 Å². The molecule has 166 valence electrons. The molecule has 8 N–H and O–H groups in total. The molecule has 0 heterocycles. The normalized spacial score (nSPS) is 11.2. The molecule has 1 rings (SSSR count). The quantitative estimate of drug-likeness (QED) is 0.144. The van der Waals surface area contributed by atoms with Crippen LogP contribution in [0.2, 0.25) is 0 Å². The van der Waals surface area contributed by atoms with Crippen molar-refractivity contribution in [3.05, 3.63) is 23.8 Å². The summed E-state index contributed by atoms with van der Waals surface area (Å²) in [6.07, 6.45) is 2.69. The number of carboxylic acids is 1. The van der Waals surface area contributed by atoms with Gasteiger partial charge in [0, 0.05) is 19.0 Å². The van der Waals surface area contributed by atoms with Crippen molar-refractivity contribution in [1.29, 1.82) is 0 Å². The number of aliphatic carboxylic acids is 1. The molecule has 11 nitrogen and oxygen atoms in total. The average molecular weight is 423 g/mol. The van der Waals surface area contributed by atoms with Crippen molar-refractivity contribution >= 4 is 23.7 Å². The van der Waals surface area contributed by atoms with Crippen molar-refractivity contribution in [2.75, 3.05) is 19.7 Å². The molecule has 0 unspecified atom stereocenters. The van der Waals surface area contributed by atoms with E-state index in [9.17, 15) is 24.6 Å². The summed E-state index contributed by atoms with van der Waals surface area (Å²) in [7, 11) is 0. The predicted octanol–water partition coefficient (Wildman–Crippen LogP) is -0.0761. The first kappa shape index (κ1) is 24.5. The first-order valence-electron chi connectivity index (χ1n) is 9.56. The van der Waals surface area contributed by atoms with Crippen molar-refractivity contribution in [2.45, 2.75) is 38.6 Å². The summed E-state index contributed by atoms with van der Waals surface area (Å²) in [4.78, 5) is 39.2. The molecule has 0 fully saturated rings. The van der Waals surface area contributed by atoms with Gasteiger partial charge in [-0.2, -0.15) is 0 Å². The fraction of sp³-hybridized carbons (Fsp3) is 0.474. The maximum Gasteiger partial charge on any atom is 0.328 e. The number of phenols is 1. The minimum absolute atomic E-state index is 0.0646. The SMILES string of the molecule is CCCCCC(=O)N[C@@H](CNC(=O)c1ccc(OCCN=C(N)N)cc1O)C(=O)O. The van der Waals surface area contributed by atoms with E-state index in [4.69, 9.17) is 16.2 Å². The third-order valence-electron chi connectivity index (χ3n) is 3.98. The number of hydrogen-bond acceptors (Lipinski definition) is 6. The summed E-state index contributed by atoms with van der Waals surface area (Å²) in [5.41, 5.74) is 10.3. The van der Waals surface area contributed by atoms with Gasteiger partial charge in [0.2, 0.25) is 5.91 Å². The summed E-state index contributed by atoms with van der Waals surface area (Å²) in [6, 6.07) is 2.77. The van der Waals surface area contributed by atoms with Crippen LogP contribution in [-0.2, 0) is 9.59 Å². The Morgan fingerprint density at radius 3 is 2.57 bits per heavy atom. The van der Waals surface area contributed by atoms with E-state index in [-0.39, 0.29) is 43.4 Å². The summed E-state index contributed by atoms with van der Waals surface area (Å²) >= 11 is 0. The molecule has 0 saturated heterocycles. The summed E-state index contributed by atoms with van der Waals surface area (Å²) < 4.78 is 5.35. The highest BCUT2D eigenvalue weighted by molar-refractivity contribution is 5.97. The Labute approximate surface area is 174 Å². The molecule has 0 radical (unpaired) electrons. The molecule has 30 heavy (non-hydrogen) atoms. The van der Waals surface area contributed by atoms with Crippen LogP contribution in [0.1, 0.15) is 43.0 Å². The van der Waals surface area contributed by atoms with Gasteiger partial charge in [0.1, 0.15) is 24.1 Å². The highest BCUT2D eigenvalue weighted by Gasteiger charge is 2.21. The maximum atomic E-state index is 12.3. The molecule has 1 aromatic rings. The van der Waals surface area contributed by atoms with Gasteiger partial charge in [-0.05, 0) is 18.6 Å². The minimum Gasteiger partial charge on any atom is -0.507 e. The number of ether oxygens (including phenoxy) is 1. The van der Waals surface area contributed by atoms with Crippen molar-refractivity contribution in [3.8, 4) is 11.5 Å². The lowest BCUT2D eigenvalue weighted by atomic mass is 10.1. The number of guanidine groups is 1. The minimum atomic E-state index is -1.27. The summed E-state index contributed by atoms with van der Waals surface area (Å²) in [5.74, 6) is -2.46. The molecule has 0 bridgehead atoms. The predicted molar refractivity (Wildman–Crippen MR) is 110 cm³/mol. The number of amides is 2. The van der Waals surface area contributed by atoms with Crippen LogP contribution in [0.25, 0.3) is 0 Å². The molecule has 0 saturated carbocycles. The zero-order valence-corrected chi connectivity index (χ0v) is 16.9. The van der Waals surface area contributed by atoms with Crippen molar-refractivity contribution in [1.82, 2.24) is 10.6 Å². The van der Waals surface area contributed by atoms with Crippen LogP contribution in [0.15, 0.2) is 23.2 Å². The number of nitrogens with one attached hydrogen (secondary N) is 2. The number of carbonyl (C=O) groups excluding carboxylic acids is 2. The number of unbranched alkanes of at least 4 members (excludes halogenated alkanes) is 2. The van der Waals surface area contributed by atoms with Gasteiger partial charge in [-0.1, -0.05) is 19.8 Å². The zero-order chi connectivity index (χ0) is 22.5. The van der Waals surface area contributed by atoms with Crippen LogP contribution < -0.4 is 26.8 Å². The van der Waals surface area contributed by atoms with Gasteiger partial charge >= 0.3 is 5.97 Å². The first-order chi connectivity index (χ1) is 14.2. The molecule has 11 heteroatoms. The molecular formula is C19H29N5O6. The molecule has 0 aliphatic heterocycles. The van der Waals surface area contributed by atoms with Gasteiger partial charge in [-0.15, -0.1) is 0 Å². The number of phenolic OH excluding ortho intramolecular Hbond substituents is 1. The molecule has 0 aliphatic carbocycles. The zero-order valence-electron chi connectivity index (χ0n) is 16.9. The lowest BCUT2D eigenvalue weighted by Gasteiger charge is -2.16. The molecule has 0 spiro atoms. The molecule has 2 amide bonds. The van der Waals surface area contributed by atoms with Crippen LogP contribution in [0.4, 0.5) is 0 Å². The van der Waals surface area contributed by atoms with E-state index in [1.54, 1.807) is 0 Å². The van der Waals surface area contributed by atoms with Gasteiger partial charge in [-0.3, -0.25) is 14.6 Å². The van der Waals surface area contributed by atoms with E-state index in [1.807, 2.05) is 6.92 Å². The third kappa shape index (κ3) is 9.13. The topological polar surface area (TPSA) is 189 Å². The smallest absolute Gasteiger partial charge is 0.328 e. The number of carbonyl (C=O) groups is 3. The van der Waals surface area contributed by atoms with E-state index < -0.39 is 23.8 Å². The number of aliphatic imine (C=N–C) groups is 1. The van der Waals surface area contributed by atoms with E-state index in [1.165, 1.54) is 18.2 Å². The number of hydrogen-bond donors (Lipinski definition) is 6. The van der Waals surface area contributed by atoms with Gasteiger partial charge in [0.05, 0.1) is 12.1 Å². The van der Waals surface area contributed by atoms with E-state index in [2.05, 4.69) is 15.6 Å². The number of rotatable bonds is 13. The molecule has 1 aromatic carbocycles. The Morgan fingerprint density at radius 1 is 1.23 bits per heavy atom. The maximum absolute atomic E-state index is 12.3. The van der Waals surface area contributed by atoms with Crippen molar-refractivity contribution < 1.29 is 29.3 Å². The second-order valence-electron chi connectivity index (χ2n) is 6.46. The Bertz CT molecular complexity index is 764. The summed E-state index contributed by atoms with van der Waals surface area (Å²) in [6.45, 7) is 2.06. The third-order valence-corrected chi connectivity index (χ3v) is 3.98. The Balaban J connectivity index is 2.60. The van der Waals surface area contributed by atoms with Crippen molar-refractivity contribution in [2.24, 2.45) is 16.5 Å². The highest BCUT2D eigenvalue weighted by Crippen LogP contribution is 2.23. The number of carboxylic acid groups (broad SMARTS) is 1. The van der Waals surface area contributed by atoms with Crippen LogP contribution >= 0.6 is 0 Å². The van der Waals surface area contributed by atoms with E-state index in [0.29, 0.717) is 12.2 Å². The number of nitrogens with zero attached hydrogens (tertiary/aromatic N) is 1. The number of benzene rings is 1. The number of nitrogens with two attached hydrogens (primary N) is 2. The van der Waals surface area contributed by atoms with Crippen LogP contribution in [0, 0.1) is 0 Å². The molecular weight excluding hydrogens is 394 g/mol. The lowest BCUT2D eigenvalue weighted by molar-refractivity contribution is -0.141. The fourth-order valence-corrected chi connectivity index (χ4v) is 2.42. The standard InChI is InChI=1S/C19H29N5O6/c1-2-3-4-5-16(26)24-14(18(28)29)11-23-17(27)13-7-6-12(10-15(13)25)30-9-8-22-19(20)21/h6-7,10,14,25H,2-5,8-9,11H2,1H3,(H,23,27)(H,24,26)(H,28,29)(H4,20,21,22)/t14-/m0/s1. The Kier molecular flexibility index (Phi) is 10.5. The van der Waals surface area contributed by atoms with Gasteiger partial charge in [0.15, 0.2) is 5.96 Å². The highest BCUT2D eigenvalue weighted by atomic mass is 16.5. The fourth-order valence-electron chi connectivity index (χ4n) is 2.42. The van der Waals surface area contributed by atoms with Gasteiger partial charge in [0.25, 0.3) is 5.91 Å². The molecule has 0 aliphatic rings. The van der Waals surface area contributed by atoms with Crippen LogP contribution in [0.3, 0.4) is 0 Å². The van der Waals surface area contributed by atoms with Gasteiger partial charge < -0.3 is 37.1 Å². The largest absolute Gasteiger partial charge is 0.507 e.